The zero-order valence-electron chi connectivity index (χ0n) is 14.0. The molecular formula is C20H22N2O2. The molecule has 1 aliphatic carbocycles. The van der Waals surface area contributed by atoms with E-state index in [-0.39, 0.29) is 23.7 Å². The van der Waals surface area contributed by atoms with Gasteiger partial charge in [-0.3, -0.25) is 9.59 Å². The van der Waals surface area contributed by atoms with E-state index in [0.717, 1.165) is 22.4 Å². The number of amides is 2. The molecule has 1 aliphatic rings. The molecule has 1 saturated carbocycles. The number of nitrogens with one attached hydrogen (secondary N) is 2. The molecule has 0 radical (unpaired) electrons. The second kappa shape index (κ2) is 6.87. The van der Waals surface area contributed by atoms with E-state index in [1.54, 1.807) is 0 Å². The molecule has 4 nitrogen and oxygen atoms in total. The Morgan fingerprint density at radius 2 is 1.75 bits per heavy atom. The van der Waals surface area contributed by atoms with E-state index in [4.69, 9.17) is 0 Å². The summed E-state index contributed by atoms with van der Waals surface area (Å²) >= 11 is 0. The molecule has 0 bridgehead atoms. The van der Waals surface area contributed by atoms with Crippen LogP contribution in [0.3, 0.4) is 0 Å². The molecule has 2 atom stereocenters. The third-order valence-electron chi connectivity index (χ3n) is 4.46. The number of hydrogen-bond acceptors (Lipinski definition) is 2. The lowest BCUT2D eigenvalue weighted by molar-refractivity contribution is -0.125. The maximum atomic E-state index is 12.2. The van der Waals surface area contributed by atoms with Gasteiger partial charge in [-0.2, -0.15) is 0 Å². The highest BCUT2D eigenvalue weighted by molar-refractivity contribution is 5.99. The highest BCUT2D eigenvalue weighted by atomic mass is 16.2. The number of benzene rings is 2. The highest BCUT2D eigenvalue weighted by Gasteiger charge is 2.47. The van der Waals surface area contributed by atoms with Crippen LogP contribution in [-0.4, -0.2) is 11.8 Å². The second-order valence-corrected chi connectivity index (χ2v) is 6.45. The van der Waals surface area contributed by atoms with Crippen LogP contribution in [0.1, 0.15) is 23.1 Å². The molecule has 2 amide bonds. The van der Waals surface area contributed by atoms with Crippen LogP contribution in [0.5, 0.6) is 0 Å². The van der Waals surface area contributed by atoms with Gasteiger partial charge in [0.25, 0.3) is 0 Å². The van der Waals surface area contributed by atoms with Crippen LogP contribution in [0.2, 0.25) is 0 Å². The second-order valence-electron chi connectivity index (χ2n) is 6.45. The Kier molecular flexibility index (Phi) is 4.65. The monoisotopic (exact) mass is 322 g/mol. The van der Waals surface area contributed by atoms with Gasteiger partial charge >= 0.3 is 0 Å². The van der Waals surface area contributed by atoms with Crippen molar-refractivity contribution in [2.75, 3.05) is 5.32 Å². The Labute approximate surface area is 142 Å². The third kappa shape index (κ3) is 3.82. The number of rotatable bonds is 5. The van der Waals surface area contributed by atoms with Crippen molar-refractivity contribution in [2.24, 2.45) is 11.8 Å². The lowest BCUT2D eigenvalue weighted by atomic mass is 10.1. The van der Waals surface area contributed by atoms with E-state index in [9.17, 15) is 9.59 Å². The van der Waals surface area contributed by atoms with Crippen molar-refractivity contribution in [2.45, 2.75) is 26.8 Å². The van der Waals surface area contributed by atoms with Crippen LogP contribution in [0.4, 0.5) is 5.69 Å². The van der Waals surface area contributed by atoms with Crippen LogP contribution < -0.4 is 10.6 Å². The van der Waals surface area contributed by atoms with Crippen molar-refractivity contribution in [3.8, 4) is 0 Å². The Hall–Kier alpha value is -2.62. The number of aryl methyl sites for hydroxylation is 2. The first-order valence-corrected chi connectivity index (χ1v) is 8.24. The molecule has 2 N–H and O–H groups in total. The van der Waals surface area contributed by atoms with Crippen molar-refractivity contribution in [3.05, 3.63) is 65.2 Å². The number of carbonyl (C=O) groups is 2. The molecular weight excluding hydrogens is 300 g/mol. The number of anilines is 1. The quantitative estimate of drug-likeness (QED) is 0.888. The van der Waals surface area contributed by atoms with Crippen LogP contribution in [0.25, 0.3) is 0 Å². The average molecular weight is 322 g/mol. The molecule has 3 rings (SSSR count). The van der Waals surface area contributed by atoms with Gasteiger partial charge < -0.3 is 10.6 Å². The molecule has 124 valence electrons. The molecule has 2 aromatic rings. The molecule has 0 aliphatic heterocycles. The van der Waals surface area contributed by atoms with Crippen LogP contribution in [-0.2, 0) is 16.1 Å². The maximum absolute atomic E-state index is 12.2. The first-order valence-electron chi connectivity index (χ1n) is 8.24. The average Bonchev–Trinajstić information content (AvgIpc) is 3.35. The van der Waals surface area contributed by atoms with Gasteiger partial charge in [0, 0.05) is 12.2 Å². The van der Waals surface area contributed by atoms with Crippen molar-refractivity contribution in [1.82, 2.24) is 5.32 Å². The summed E-state index contributed by atoms with van der Waals surface area (Å²) in [6, 6.07) is 15.6. The van der Waals surface area contributed by atoms with Gasteiger partial charge in [-0.15, -0.1) is 0 Å². The van der Waals surface area contributed by atoms with Gasteiger partial charge in [0.2, 0.25) is 11.8 Å². The smallest absolute Gasteiger partial charge is 0.228 e. The van der Waals surface area contributed by atoms with Gasteiger partial charge in [-0.05, 0) is 49.1 Å². The molecule has 0 spiro atoms. The Morgan fingerprint density at radius 3 is 2.50 bits per heavy atom. The van der Waals surface area contributed by atoms with E-state index < -0.39 is 0 Å². The zero-order chi connectivity index (χ0) is 17.1. The third-order valence-corrected chi connectivity index (χ3v) is 4.46. The summed E-state index contributed by atoms with van der Waals surface area (Å²) in [7, 11) is 0. The predicted octanol–water partition coefficient (Wildman–Crippen LogP) is 3.19. The van der Waals surface area contributed by atoms with Crippen molar-refractivity contribution >= 4 is 17.5 Å². The SMILES string of the molecule is Cc1cccc(NC(=O)C2CC2C(=O)NCc2ccccc2C)c1. The fourth-order valence-electron chi connectivity index (χ4n) is 2.85. The van der Waals surface area contributed by atoms with Crippen molar-refractivity contribution < 1.29 is 9.59 Å². The summed E-state index contributed by atoms with van der Waals surface area (Å²) in [5.74, 6) is -0.541. The van der Waals surface area contributed by atoms with E-state index >= 15 is 0 Å². The minimum atomic E-state index is -0.220. The predicted molar refractivity (Wildman–Crippen MR) is 94.4 cm³/mol. The lowest BCUT2D eigenvalue weighted by Gasteiger charge is -2.08. The van der Waals surface area contributed by atoms with E-state index in [1.807, 2.05) is 62.4 Å². The van der Waals surface area contributed by atoms with Gasteiger partial charge in [-0.25, -0.2) is 0 Å². The molecule has 2 unspecified atom stereocenters. The van der Waals surface area contributed by atoms with E-state index in [1.165, 1.54) is 0 Å². The summed E-state index contributed by atoms with van der Waals surface area (Å²) in [5.41, 5.74) is 4.14. The largest absolute Gasteiger partial charge is 0.352 e. The molecule has 2 aromatic carbocycles. The number of carbonyl (C=O) groups excluding carboxylic acids is 2. The van der Waals surface area contributed by atoms with Gasteiger partial charge in [0.15, 0.2) is 0 Å². The minimum Gasteiger partial charge on any atom is -0.352 e. The van der Waals surface area contributed by atoms with Crippen molar-refractivity contribution in [1.29, 1.82) is 0 Å². The highest BCUT2D eigenvalue weighted by Crippen LogP contribution is 2.39. The Bertz CT molecular complexity index is 770. The van der Waals surface area contributed by atoms with E-state index in [2.05, 4.69) is 10.6 Å². The zero-order valence-corrected chi connectivity index (χ0v) is 14.0. The standard InChI is InChI=1S/C20H22N2O2/c1-13-6-5-9-16(10-13)22-20(24)18-11-17(18)19(23)21-12-15-8-4-3-7-14(15)2/h3-10,17-18H,11-12H2,1-2H3,(H,21,23)(H,22,24). The molecule has 24 heavy (non-hydrogen) atoms. The summed E-state index contributed by atoms with van der Waals surface area (Å²) in [6.07, 6.45) is 0.622. The fourth-order valence-corrected chi connectivity index (χ4v) is 2.85. The summed E-state index contributed by atoms with van der Waals surface area (Å²) in [4.78, 5) is 24.5. The van der Waals surface area contributed by atoms with Gasteiger partial charge in [0.1, 0.15) is 0 Å². The normalized spacial score (nSPS) is 18.8. The molecule has 0 saturated heterocycles. The first-order chi connectivity index (χ1) is 11.5. The summed E-state index contributed by atoms with van der Waals surface area (Å²) < 4.78 is 0. The van der Waals surface area contributed by atoms with E-state index in [0.29, 0.717) is 13.0 Å². The van der Waals surface area contributed by atoms with Crippen LogP contribution in [0.15, 0.2) is 48.5 Å². The molecule has 1 fully saturated rings. The topological polar surface area (TPSA) is 58.2 Å². The summed E-state index contributed by atoms with van der Waals surface area (Å²) in [6.45, 7) is 4.51. The maximum Gasteiger partial charge on any atom is 0.228 e. The fraction of sp³-hybridized carbons (Fsp3) is 0.300. The number of hydrogen-bond donors (Lipinski definition) is 2. The Balaban J connectivity index is 1.50. The van der Waals surface area contributed by atoms with Crippen LogP contribution in [0, 0.1) is 25.7 Å². The summed E-state index contributed by atoms with van der Waals surface area (Å²) in [5, 5.41) is 5.83. The molecule has 0 heterocycles. The molecule has 4 heteroatoms. The first kappa shape index (κ1) is 16.2. The molecule has 0 aromatic heterocycles. The Morgan fingerprint density at radius 1 is 1.00 bits per heavy atom. The van der Waals surface area contributed by atoms with Gasteiger partial charge in [-0.1, -0.05) is 36.4 Å². The van der Waals surface area contributed by atoms with Crippen LogP contribution >= 0.6 is 0 Å². The van der Waals surface area contributed by atoms with Gasteiger partial charge in [0.05, 0.1) is 11.8 Å². The van der Waals surface area contributed by atoms with Crippen molar-refractivity contribution in [3.63, 3.8) is 0 Å². The minimum absolute atomic E-state index is 0.0392. The lowest BCUT2D eigenvalue weighted by Crippen LogP contribution is -2.27.